The molecule has 16 heavy (non-hydrogen) atoms. The first-order valence-corrected chi connectivity index (χ1v) is 6.32. The van der Waals surface area contributed by atoms with Gasteiger partial charge in [0.15, 0.2) is 0 Å². The van der Waals surface area contributed by atoms with Crippen LogP contribution in [0.3, 0.4) is 0 Å². The smallest absolute Gasteiger partial charge is 0.276 e. The Labute approximate surface area is 101 Å². The number of piperazine rings is 1. The van der Waals surface area contributed by atoms with Gasteiger partial charge in [-0.15, -0.1) is 12.4 Å². The Morgan fingerprint density at radius 2 is 2.31 bits per heavy atom. The Hall–Kier alpha value is -0.560. The Bertz CT molecular complexity index is 418. The van der Waals surface area contributed by atoms with Crippen molar-refractivity contribution in [2.45, 2.75) is 18.1 Å². The number of furan rings is 1. The molecule has 0 aliphatic carbocycles. The standard InChI is InChI=1S/C9H14N2O3S.ClH/c1-8-7-11(5-4-10-8)15(12,13)9-3-2-6-14-9;/h2-3,6,8,10H,4-5,7H2,1H3;1H/t8-;/m0./s1. The van der Waals surface area contributed by atoms with E-state index in [-0.39, 0.29) is 23.5 Å². The summed E-state index contributed by atoms with van der Waals surface area (Å²) >= 11 is 0. The van der Waals surface area contributed by atoms with Crippen LogP contribution in [0, 0.1) is 0 Å². The van der Waals surface area contributed by atoms with Gasteiger partial charge in [0.1, 0.15) is 0 Å². The van der Waals surface area contributed by atoms with Gasteiger partial charge >= 0.3 is 0 Å². The molecule has 1 aromatic rings. The van der Waals surface area contributed by atoms with E-state index < -0.39 is 10.0 Å². The maximum absolute atomic E-state index is 12.0. The zero-order valence-corrected chi connectivity index (χ0v) is 10.6. The average molecular weight is 267 g/mol. The average Bonchev–Trinajstić information content (AvgIpc) is 2.71. The van der Waals surface area contributed by atoms with E-state index in [0.717, 1.165) is 0 Å². The van der Waals surface area contributed by atoms with Crippen LogP contribution in [0.5, 0.6) is 0 Å². The van der Waals surface area contributed by atoms with Crippen LogP contribution >= 0.6 is 12.4 Å². The molecule has 1 fully saturated rings. The SMILES string of the molecule is C[C@H]1CN(S(=O)(=O)c2ccco2)CCN1.Cl. The van der Waals surface area contributed by atoms with Crippen molar-refractivity contribution in [2.24, 2.45) is 0 Å². The molecule has 1 N–H and O–H groups in total. The molecule has 0 spiro atoms. The third kappa shape index (κ3) is 2.57. The lowest BCUT2D eigenvalue weighted by Crippen LogP contribution is -2.51. The van der Waals surface area contributed by atoms with Gasteiger partial charge in [-0.1, -0.05) is 0 Å². The first kappa shape index (κ1) is 13.5. The molecular weight excluding hydrogens is 252 g/mol. The first-order valence-electron chi connectivity index (χ1n) is 4.88. The fourth-order valence-electron chi connectivity index (χ4n) is 1.65. The molecule has 2 rings (SSSR count). The maximum Gasteiger partial charge on any atom is 0.276 e. The second-order valence-electron chi connectivity index (χ2n) is 3.65. The van der Waals surface area contributed by atoms with Crippen molar-refractivity contribution < 1.29 is 12.8 Å². The highest BCUT2D eigenvalue weighted by molar-refractivity contribution is 7.89. The van der Waals surface area contributed by atoms with Gasteiger partial charge in [0.05, 0.1) is 6.26 Å². The number of hydrogen-bond acceptors (Lipinski definition) is 4. The molecule has 0 aromatic carbocycles. The largest absolute Gasteiger partial charge is 0.452 e. The molecule has 0 bridgehead atoms. The van der Waals surface area contributed by atoms with Crippen LogP contribution in [0.15, 0.2) is 27.9 Å². The summed E-state index contributed by atoms with van der Waals surface area (Å²) in [6.07, 6.45) is 1.37. The predicted octanol–water partition coefficient (Wildman–Crippen LogP) is 0.684. The Morgan fingerprint density at radius 3 is 2.88 bits per heavy atom. The maximum atomic E-state index is 12.0. The zero-order chi connectivity index (χ0) is 10.9. The number of rotatable bonds is 2. The molecule has 0 amide bonds. The van der Waals surface area contributed by atoms with E-state index >= 15 is 0 Å². The molecule has 0 unspecified atom stereocenters. The second kappa shape index (κ2) is 5.18. The Kier molecular flexibility index (Phi) is 4.37. The number of halogens is 1. The molecule has 1 aliphatic rings. The van der Waals surface area contributed by atoms with Gasteiger partial charge in [-0.05, 0) is 19.1 Å². The van der Waals surface area contributed by atoms with Gasteiger partial charge in [0.25, 0.3) is 10.0 Å². The molecule has 7 heteroatoms. The minimum Gasteiger partial charge on any atom is -0.452 e. The third-order valence-corrected chi connectivity index (χ3v) is 4.17. The Morgan fingerprint density at radius 1 is 1.56 bits per heavy atom. The summed E-state index contributed by atoms with van der Waals surface area (Å²) in [6, 6.07) is 3.24. The molecule has 1 aliphatic heterocycles. The number of nitrogens with one attached hydrogen (secondary N) is 1. The molecule has 0 saturated carbocycles. The molecular formula is C9H15ClN2O3S. The van der Waals surface area contributed by atoms with Gasteiger partial charge < -0.3 is 9.73 Å². The minimum atomic E-state index is -3.42. The van der Waals surface area contributed by atoms with Crippen LogP contribution in [0.25, 0.3) is 0 Å². The minimum absolute atomic E-state index is 0. The molecule has 1 aromatic heterocycles. The molecule has 1 atom stereocenters. The van der Waals surface area contributed by atoms with Crippen molar-refractivity contribution in [3.63, 3.8) is 0 Å². The van der Waals surface area contributed by atoms with Crippen LogP contribution < -0.4 is 5.32 Å². The highest BCUT2D eigenvalue weighted by Gasteiger charge is 2.30. The van der Waals surface area contributed by atoms with Crippen molar-refractivity contribution in [1.82, 2.24) is 9.62 Å². The number of sulfonamides is 1. The van der Waals surface area contributed by atoms with E-state index in [1.54, 1.807) is 6.07 Å². The van der Waals surface area contributed by atoms with Crippen molar-refractivity contribution in [1.29, 1.82) is 0 Å². The highest BCUT2D eigenvalue weighted by Crippen LogP contribution is 2.17. The number of nitrogens with zero attached hydrogens (tertiary/aromatic N) is 1. The summed E-state index contributed by atoms with van der Waals surface area (Å²) in [6.45, 7) is 3.63. The van der Waals surface area contributed by atoms with E-state index in [0.29, 0.717) is 19.6 Å². The van der Waals surface area contributed by atoms with Gasteiger partial charge in [-0.2, -0.15) is 4.31 Å². The number of hydrogen-bond donors (Lipinski definition) is 1. The van der Waals surface area contributed by atoms with Gasteiger partial charge in [0.2, 0.25) is 5.09 Å². The quantitative estimate of drug-likeness (QED) is 0.855. The van der Waals surface area contributed by atoms with Gasteiger partial charge in [-0.25, -0.2) is 8.42 Å². The lowest BCUT2D eigenvalue weighted by Gasteiger charge is -2.30. The van der Waals surface area contributed by atoms with Crippen molar-refractivity contribution in [3.8, 4) is 0 Å². The summed E-state index contributed by atoms with van der Waals surface area (Å²) in [7, 11) is -3.42. The normalized spacial score (nSPS) is 22.7. The van der Waals surface area contributed by atoms with E-state index in [1.807, 2.05) is 6.92 Å². The van der Waals surface area contributed by atoms with Crippen LogP contribution in [0.1, 0.15) is 6.92 Å². The van der Waals surface area contributed by atoms with E-state index in [1.165, 1.54) is 16.6 Å². The van der Waals surface area contributed by atoms with Crippen molar-refractivity contribution in [3.05, 3.63) is 18.4 Å². The second-order valence-corrected chi connectivity index (χ2v) is 5.52. The van der Waals surface area contributed by atoms with Crippen LogP contribution in [-0.4, -0.2) is 38.4 Å². The topological polar surface area (TPSA) is 62.6 Å². The van der Waals surface area contributed by atoms with E-state index in [9.17, 15) is 8.42 Å². The first-order chi connectivity index (χ1) is 7.10. The van der Waals surface area contributed by atoms with Crippen LogP contribution in [0.4, 0.5) is 0 Å². The van der Waals surface area contributed by atoms with Crippen LogP contribution in [-0.2, 0) is 10.0 Å². The molecule has 1 saturated heterocycles. The molecule has 92 valence electrons. The van der Waals surface area contributed by atoms with E-state index in [4.69, 9.17) is 4.42 Å². The van der Waals surface area contributed by atoms with Crippen molar-refractivity contribution >= 4 is 22.4 Å². The molecule has 5 nitrogen and oxygen atoms in total. The van der Waals surface area contributed by atoms with Crippen LogP contribution in [0.2, 0.25) is 0 Å². The summed E-state index contributed by atoms with van der Waals surface area (Å²) in [5.41, 5.74) is 0. The van der Waals surface area contributed by atoms with Gasteiger partial charge in [-0.3, -0.25) is 0 Å². The lowest BCUT2D eigenvalue weighted by molar-refractivity contribution is 0.301. The monoisotopic (exact) mass is 266 g/mol. The molecule has 0 radical (unpaired) electrons. The summed E-state index contributed by atoms with van der Waals surface area (Å²) < 4.78 is 30.4. The summed E-state index contributed by atoms with van der Waals surface area (Å²) in [5.74, 6) is 0. The predicted molar refractivity (Wildman–Crippen MR) is 62.2 cm³/mol. The molecule has 2 heterocycles. The van der Waals surface area contributed by atoms with Gasteiger partial charge in [0, 0.05) is 25.7 Å². The fraction of sp³-hybridized carbons (Fsp3) is 0.556. The summed E-state index contributed by atoms with van der Waals surface area (Å²) in [5, 5.41) is 3.22. The zero-order valence-electron chi connectivity index (χ0n) is 8.92. The highest BCUT2D eigenvalue weighted by atomic mass is 35.5. The summed E-state index contributed by atoms with van der Waals surface area (Å²) in [4.78, 5) is 0. The fourth-order valence-corrected chi connectivity index (χ4v) is 3.09. The Balaban J connectivity index is 0.00000128. The lowest BCUT2D eigenvalue weighted by atomic mass is 10.3. The third-order valence-electron chi connectivity index (χ3n) is 2.42. The van der Waals surface area contributed by atoms with E-state index in [2.05, 4.69) is 5.32 Å². The van der Waals surface area contributed by atoms with Crippen molar-refractivity contribution in [2.75, 3.05) is 19.6 Å².